The molecule has 6 rings (SSSR count). The van der Waals surface area contributed by atoms with Gasteiger partial charge in [0.15, 0.2) is 0 Å². The lowest BCUT2D eigenvalue weighted by atomic mass is 9.93. The van der Waals surface area contributed by atoms with Crippen LogP contribution in [0.15, 0.2) is 46.4 Å². The zero-order valence-corrected chi connectivity index (χ0v) is 59.1. The molecule has 0 saturated heterocycles. The van der Waals surface area contributed by atoms with Gasteiger partial charge in [-0.25, -0.2) is 9.97 Å². The molecule has 2 unspecified atom stereocenters. The molecule has 0 spiro atoms. The fourth-order valence-corrected chi connectivity index (χ4v) is 17.4. The van der Waals surface area contributed by atoms with Gasteiger partial charge in [0.05, 0.1) is 32.3 Å². The van der Waals surface area contributed by atoms with Gasteiger partial charge in [0.1, 0.15) is 10.0 Å². The Labute approximate surface area is 543 Å². The fraction of sp³-hybridized carbons (Fsp3) is 0.737. The van der Waals surface area contributed by atoms with Crippen molar-refractivity contribution >= 4 is 68.6 Å². The number of rotatable bonds is 54. The smallest absolute Gasteiger partial charge is 0.261 e. The molecule has 6 nitrogen and oxygen atoms in total. The van der Waals surface area contributed by atoms with Gasteiger partial charge in [0.25, 0.3) is 11.8 Å². The van der Waals surface area contributed by atoms with E-state index in [1.165, 1.54) is 278 Å². The van der Waals surface area contributed by atoms with E-state index in [1.54, 1.807) is 22.7 Å². The van der Waals surface area contributed by atoms with E-state index in [0.717, 1.165) is 69.7 Å². The van der Waals surface area contributed by atoms with Crippen LogP contribution in [-0.2, 0) is 22.4 Å². The second kappa shape index (κ2) is 43.7. The van der Waals surface area contributed by atoms with Crippen LogP contribution in [0.1, 0.15) is 345 Å². The first-order valence-electron chi connectivity index (χ1n) is 36.6. The quantitative estimate of drug-likeness (QED) is 0.0413. The van der Waals surface area contributed by atoms with Crippen molar-refractivity contribution < 1.29 is 9.59 Å². The minimum Gasteiger partial charge on any atom is -0.304 e. The predicted octanol–water partition coefficient (Wildman–Crippen LogP) is 25.5. The molecule has 0 N–H and O–H groups in total. The molecule has 2 aliphatic heterocycles. The van der Waals surface area contributed by atoms with Crippen LogP contribution in [-0.4, -0.2) is 44.7 Å². The van der Waals surface area contributed by atoms with Crippen LogP contribution >= 0.6 is 45.3 Å². The summed E-state index contributed by atoms with van der Waals surface area (Å²) in [5, 5.41) is 6.32. The van der Waals surface area contributed by atoms with Crippen molar-refractivity contribution in [2.75, 3.05) is 13.1 Å². The number of thiophene rings is 2. The van der Waals surface area contributed by atoms with Crippen LogP contribution in [0.25, 0.3) is 30.9 Å². The highest BCUT2D eigenvalue weighted by Crippen LogP contribution is 2.50. The highest BCUT2D eigenvalue weighted by atomic mass is 32.1. The number of amides is 2. The summed E-state index contributed by atoms with van der Waals surface area (Å²) < 4.78 is 0. The lowest BCUT2D eigenvalue weighted by Gasteiger charge is -2.29. The van der Waals surface area contributed by atoms with Gasteiger partial charge in [-0.05, 0) is 97.2 Å². The van der Waals surface area contributed by atoms with E-state index in [4.69, 9.17) is 9.97 Å². The number of aryl methyl sites for hydroxylation is 2. The first-order valence-corrected chi connectivity index (χ1v) is 39.9. The Bertz CT molecular complexity index is 2340. The van der Waals surface area contributed by atoms with Crippen LogP contribution in [0.3, 0.4) is 0 Å². The first kappa shape index (κ1) is 72.1. The van der Waals surface area contributed by atoms with Crippen molar-refractivity contribution in [3.63, 3.8) is 0 Å². The zero-order chi connectivity index (χ0) is 60.8. The third-order valence-electron chi connectivity index (χ3n) is 18.8. The van der Waals surface area contributed by atoms with Crippen LogP contribution in [0, 0.1) is 11.8 Å². The summed E-state index contributed by atoms with van der Waals surface area (Å²) in [6.07, 6.45) is 62.5. The Balaban J connectivity index is 1.33. The molecule has 2 aliphatic rings. The third-order valence-corrected chi connectivity index (χ3v) is 23.1. The predicted molar refractivity (Wildman–Crippen MR) is 380 cm³/mol. The lowest BCUT2D eigenvalue weighted by molar-refractivity contribution is -0.124. The number of fused-ring (bicyclic) bond motifs is 1. The van der Waals surface area contributed by atoms with Crippen LogP contribution in [0.5, 0.6) is 0 Å². The average molecular weight is 1250 g/mol. The molecule has 4 aromatic rings. The molecule has 10 heteroatoms. The Morgan fingerprint density at radius 3 is 0.919 bits per heavy atom. The van der Waals surface area contributed by atoms with Crippen molar-refractivity contribution in [3.8, 4) is 19.5 Å². The number of hydrogen-bond donors (Lipinski definition) is 0. The van der Waals surface area contributed by atoms with E-state index in [-0.39, 0.29) is 11.8 Å². The average Bonchev–Trinajstić information content (AvgIpc) is 1.59. The zero-order valence-electron chi connectivity index (χ0n) is 55.8. The molecule has 86 heavy (non-hydrogen) atoms. The van der Waals surface area contributed by atoms with Gasteiger partial charge in [-0.3, -0.25) is 9.59 Å². The summed E-state index contributed by atoms with van der Waals surface area (Å²) in [4.78, 5) is 51.5. The Morgan fingerprint density at radius 2 is 0.616 bits per heavy atom. The van der Waals surface area contributed by atoms with Crippen LogP contribution in [0.2, 0.25) is 0 Å². The Morgan fingerprint density at radius 1 is 0.349 bits per heavy atom. The molecule has 0 fully saturated rings. The van der Waals surface area contributed by atoms with Gasteiger partial charge >= 0.3 is 0 Å². The summed E-state index contributed by atoms with van der Waals surface area (Å²) in [6, 6.07) is 4.78. The summed E-state index contributed by atoms with van der Waals surface area (Å²) in [6.45, 7) is 15.0. The lowest BCUT2D eigenvalue weighted by Crippen LogP contribution is -2.35. The normalized spacial score (nSPS) is 14.3. The molecule has 0 radical (unpaired) electrons. The summed E-state index contributed by atoms with van der Waals surface area (Å²) in [7, 11) is 0. The van der Waals surface area contributed by atoms with Gasteiger partial charge in [-0.2, -0.15) is 0 Å². The van der Waals surface area contributed by atoms with E-state index in [0.29, 0.717) is 36.1 Å². The van der Waals surface area contributed by atoms with E-state index in [2.05, 4.69) is 74.2 Å². The highest BCUT2D eigenvalue weighted by molar-refractivity contribution is 7.22. The maximum atomic E-state index is 16.1. The molecule has 6 heterocycles. The molecule has 0 aromatic carbocycles. The number of thiazole rings is 2. The minimum atomic E-state index is -0.0175. The summed E-state index contributed by atoms with van der Waals surface area (Å²) >= 11 is 7.01. The van der Waals surface area contributed by atoms with E-state index in [1.807, 2.05) is 35.1 Å². The molecule has 0 aliphatic carbocycles. The maximum absolute atomic E-state index is 16.1. The van der Waals surface area contributed by atoms with Gasteiger partial charge in [-0.15, -0.1) is 45.3 Å². The second-order valence-electron chi connectivity index (χ2n) is 26.4. The van der Waals surface area contributed by atoms with E-state index < -0.39 is 0 Å². The van der Waals surface area contributed by atoms with Crippen molar-refractivity contribution in [3.05, 3.63) is 67.6 Å². The monoisotopic (exact) mass is 1250 g/mol. The topological polar surface area (TPSA) is 66.4 Å². The van der Waals surface area contributed by atoms with Crippen molar-refractivity contribution in [1.82, 2.24) is 19.8 Å². The first-order chi connectivity index (χ1) is 42.3. The van der Waals surface area contributed by atoms with Gasteiger partial charge in [0, 0.05) is 35.2 Å². The number of aromatic nitrogens is 2. The SMILES string of the molecule is CCCCCCCCCCCCc1csc(-c2cnc(C3=C4C(=O)N(CC(CCCCCC)CCCCCCCC)C(c5ncc(-c6cc(CCCCCCCCCCCC)cs6)s5)=C4C(=O)N3CC(CCCCCC)CCCCCCCC)s2)c1. The summed E-state index contributed by atoms with van der Waals surface area (Å²) in [5.74, 6) is 0.662. The number of hydrogen-bond acceptors (Lipinski definition) is 8. The van der Waals surface area contributed by atoms with Crippen LogP contribution in [0.4, 0.5) is 0 Å². The standard InChI is InChI=1S/C76H122N4O2S4/c1-7-13-19-25-29-31-33-35-39-45-51-63-53-65(83-59-63)67-55-77-73(85-67)71-69-70(76(82)79(71)57-61(47-41-23-17-11-5)49-43-37-27-21-15-9-3)72(80(75(69)81)58-62(48-42-24-18-12-6)50-44-38-28-22-16-10-4)74-78-56-68(86-74)66-54-64(60-84-66)52-46-40-36-34-32-30-26-20-14-8-2/h53-56,59-62H,7-52,57-58H2,1-6H3. The third kappa shape index (κ3) is 24.7. The van der Waals surface area contributed by atoms with Crippen molar-refractivity contribution in [1.29, 1.82) is 0 Å². The molecule has 0 bridgehead atoms. The summed E-state index contributed by atoms with van der Waals surface area (Å²) in [5.41, 5.74) is 5.52. The molecule has 2 amide bonds. The number of nitrogens with zero attached hydrogens (tertiary/aromatic N) is 4. The Hall–Kier alpha value is -2.92. The van der Waals surface area contributed by atoms with Gasteiger partial charge in [0.2, 0.25) is 0 Å². The molecule has 4 aromatic heterocycles. The van der Waals surface area contributed by atoms with Gasteiger partial charge in [-0.1, -0.05) is 286 Å². The van der Waals surface area contributed by atoms with Gasteiger partial charge < -0.3 is 9.80 Å². The number of carbonyl (C=O) groups excluding carboxylic acids is 2. The molecule has 482 valence electrons. The van der Waals surface area contributed by atoms with Crippen molar-refractivity contribution in [2.45, 2.75) is 337 Å². The largest absolute Gasteiger partial charge is 0.304 e. The highest BCUT2D eigenvalue weighted by Gasteiger charge is 2.51. The van der Waals surface area contributed by atoms with E-state index in [9.17, 15) is 0 Å². The fourth-order valence-electron chi connectivity index (χ4n) is 13.4. The molecule has 2 atom stereocenters. The Kier molecular flexibility index (Phi) is 36.7. The minimum absolute atomic E-state index is 0.0175. The van der Waals surface area contributed by atoms with E-state index >= 15 is 9.59 Å². The van der Waals surface area contributed by atoms with Crippen LogP contribution < -0.4 is 0 Å². The molecular formula is C76H122N4O2S4. The molecule has 0 saturated carbocycles. The second-order valence-corrected chi connectivity index (χ2v) is 30.3. The number of unbranched alkanes of at least 4 members (excludes halogenated alkanes) is 34. The van der Waals surface area contributed by atoms with Crippen molar-refractivity contribution in [2.24, 2.45) is 11.8 Å². The maximum Gasteiger partial charge on any atom is 0.261 e. The molecular weight excluding hydrogens is 1130 g/mol. The number of carbonyl (C=O) groups is 2.